The van der Waals surface area contributed by atoms with Crippen LogP contribution in [0.25, 0.3) is 0 Å². The van der Waals surface area contributed by atoms with Gasteiger partial charge < -0.3 is 5.32 Å². The van der Waals surface area contributed by atoms with Crippen LogP contribution in [0, 0.1) is 24.1 Å². The second-order valence-electron chi connectivity index (χ2n) is 4.91. The number of nitrogens with zero attached hydrogens (tertiary/aromatic N) is 1. The highest BCUT2D eigenvalue weighted by molar-refractivity contribution is 5.94. The molecule has 2 aromatic rings. The fraction of sp³-hybridized carbons (Fsp3) is 0.176. The molecule has 0 fully saturated rings. The van der Waals surface area contributed by atoms with Crippen molar-refractivity contribution in [3.8, 4) is 6.07 Å². The average Bonchev–Trinajstić information content (AvgIpc) is 2.47. The fourth-order valence-electron chi connectivity index (χ4n) is 2.01. The van der Waals surface area contributed by atoms with E-state index in [1.807, 2.05) is 13.0 Å². The normalized spacial score (nSPS) is 11.5. The Balaban J connectivity index is 2.13. The van der Waals surface area contributed by atoms with Gasteiger partial charge in [-0.1, -0.05) is 18.2 Å². The van der Waals surface area contributed by atoms with Crippen LogP contribution in [0.3, 0.4) is 0 Å². The second kappa shape index (κ2) is 6.19. The smallest absolute Gasteiger partial charge is 0.254 e. The molecular formula is C17H15FN2O. The average molecular weight is 282 g/mol. The molecule has 0 spiro atoms. The van der Waals surface area contributed by atoms with Crippen LogP contribution in [0.5, 0.6) is 0 Å². The minimum absolute atomic E-state index is 0.0288. The number of hydrogen-bond donors (Lipinski definition) is 1. The van der Waals surface area contributed by atoms with Crippen LogP contribution >= 0.6 is 0 Å². The summed E-state index contributed by atoms with van der Waals surface area (Å²) in [6.07, 6.45) is 0. The summed E-state index contributed by atoms with van der Waals surface area (Å²) in [5.74, 6) is -0.983. The number of carbonyl (C=O) groups is 1. The molecule has 3 nitrogen and oxygen atoms in total. The molecule has 0 aliphatic carbocycles. The first kappa shape index (κ1) is 14.7. The Bertz CT molecular complexity index is 702. The highest BCUT2D eigenvalue weighted by Gasteiger charge is 2.15. The highest BCUT2D eigenvalue weighted by atomic mass is 19.1. The van der Waals surface area contributed by atoms with Crippen LogP contribution < -0.4 is 5.32 Å². The van der Waals surface area contributed by atoms with Crippen LogP contribution in [0.2, 0.25) is 0 Å². The van der Waals surface area contributed by atoms with Crippen molar-refractivity contribution >= 4 is 5.91 Å². The largest absolute Gasteiger partial charge is 0.345 e. The van der Waals surface area contributed by atoms with E-state index >= 15 is 0 Å². The molecule has 0 heterocycles. The van der Waals surface area contributed by atoms with Crippen LogP contribution in [0.1, 0.15) is 40.0 Å². The molecule has 106 valence electrons. The molecule has 2 aromatic carbocycles. The van der Waals surface area contributed by atoms with Gasteiger partial charge in [-0.15, -0.1) is 0 Å². The number of halogens is 1. The summed E-state index contributed by atoms with van der Waals surface area (Å²) in [6.45, 7) is 3.58. The number of nitrogens with one attached hydrogen (secondary N) is 1. The minimum atomic E-state index is -0.528. The molecule has 1 atom stereocenters. The Labute approximate surface area is 123 Å². The Hall–Kier alpha value is -2.67. The van der Waals surface area contributed by atoms with E-state index in [4.69, 9.17) is 5.26 Å². The maximum atomic E-state index is 13.8. The van der Waals surface area contributed by atoms with Gasteiger partial charge in [0.05, 0.1) is 23.2 Å². The van der Waals surface area contributed by atoms with Gasteiger partial charge in [-0.25, -0.2) is 4.39 Å². The molecular weight excluding hydrogens is 267 g/mol. The molecule has 21 heavy (non-hydrogen) atoms. The highest BCUT2D eigenvalue weighted by Crippen LogP contribution is 2.15. The number of amides is 1. The van der Waals surface area contributed by atoms with E-state index < -0.39 is 11.7 Å². The summed E-state index contributed by atoms with van der Waals surface area (Å²) < 4.78 is 13.8. The van der Waals surface area contributed by atoms with Crippen molar-refractivity contribution in [3.63, 3.8) is 0 Å². The van der Waals surface area contributed by atoms with E-state index in [9.17, 15) is 9.18 Å². The zero-order valence-corrected chi connectivity index (χ0v) is 11.9. The van der Waals surface area contributed by atoms with Gasteiger partial charge in [-0.2, -0.15) is 5.26 Å². The van der Waals surface area contributed by atoms with Crippen LogP contribution in [-0.2, 0) is 0 Å². The summed E-state index contributed by atoms with van der Waals surface area (Å²) in [4.78, 5) is 12.1. The zero-order valence-electron chi connectivity index (χ0n) is 11.9. The van der Waals surface area contributed by atoms with E-state index in [-0.39, 0.29) is 11.6 Å². The monoisotopic (exact) mass is 282 g/mol. The lowest BCUT2D eigenvalue weighted by atomic mass is 10.1. The predicted octanol–water partition coefficient (Wildman–Crippen LogP) is 3.50. The van der Waals surface area contributed by atoms with Crippen molar-refractivity contribution in [2.75, 3.05) is 0 Å². The Kier molecular flexibility index (Phi) is 4.34. The molecule has 0 saturated heterocycles. The molecule has 1 amide bonds. The zero-order chi connectivity index (χ0) is 15.4. The Morgan fingerprint density at radius 2 is 1.90 bits per heavy atom. The van der Waals surface area contributed by atoms with Crippen LogP contribution in [0.15, 0.2) is 42.5 Å². The van der Waals surface area contributed by atoms with Crippen LogP contribution in [-0.4, -0.2) is 5.91 Å². The summed E-state index contributed by atoms with van der Waals surface area (Å²) in [5.41, 5.74) is 2.21. The number of aryl methyl sites for hydroxylation is 1. The van der Waals surface area contributed by atoms with E-state index in [0.717, 1.165) is 11.1 Å². The lowest BCUT2D eigenvalue weighted by Crippen LogP contribution is -2.27. The van der Waals surface area contributed by atoms with Gasteiger partial charge in [0, 0.05) is 0 Å². The molecule has 0 aliphatic heterocycles. The Morgan fingerprint density at radius 3 is 2.48 bits per heavy atom. The fourth-order valence-corrected chi connectivity index (χ4v) is 2.01. The number of rotatable bonds is 3. The lowest BCUT2D eigenvalue weighted by Gasteiger charge is -2.15. The first-order valence-corrected chi connectivity index (χ1v) is 6.58. The number of carbonyl (C=O) groups excluding carboxylic acids is 1. The lowest BCUT2D eigenvalue weighted by molar-refractivity contribution is 0.0936. The maximum Gasteiger partial charge on any atom is 0.254 e. The number of hydrogen-bond acceptors (Lipinski definition) is 2. The van der Waals surface area contributed by atoms with Crippen molar-refractivity contribution in [3.05, 3.63) is 70.5 Å². The topological polar surface area (TPSA) is 52.9 Å². The third kappa shape index (κ3) is 3.46. The molecule has 0 radical (unpaired) electrons. The quantitative estimate of drug-likeness (QED) is 0.936. The molecule has 2 rings (SSSR count). The van der Waals surface area contributed by atoms with Gasteiger partial charge in [0.1, 0.15) is 5.82 Å². The molecule has 0 aliphatic rings. The van der Waals surface area contributed by atoms with Crippen molar-refractivity contribution < 1.29 is 9.18 Å². The Morgan fingerprint density at radius 1 is 1.24 bits per heavy atom. The van der Waals surface area contributed by atoms with E-state index in [2.05, 4.69) is 5.32 Å². The standard InChI is InChI=1S/C17H15FN2O/c1-11-3-8-15(16(18)9-11)17(21)20-12(2)14-6-4-13(10-19)5-7-14/h3-9,12H,1-2H3,(H,20,21). The van der Waals surface area contributed by atoms with Gasteiger partial charge in [0.25, 0.3) is 5.91 Å². The summed E-state index contributed by atoms with van der Waals surface area (Å²) in [7, 11) is 0. The van der Waals surface area contributed by atoms with E-state index in [1.165, 1.54) is 12.1 Å². The summed E-state index contributed by atoms with van der Waals surface area (Å²) in [5, 5.41) is 11.5. The van der Waals surface area contributed by atoms with Crippen LogP contribution in [0.4, 0.5) is 4.39 Å². The minimum Gasteiger partial charge on any atom is -0.345 e. The molecule has 4 heteroatoms. The van der Waals surface area contributed by atoms with Crippen molar-refractivity contribution in [1.29, 1.82) is 5.26 Å². The van der Waals surface area contributed by atoms with Crippen molar-refractivity contribution in [1.82, 2.24) is 5.32 Å². The molecule has 1 unspecified atom stereocenters. The van der Waals surface area contributed by atoms with E-state index in [0.29, 0.717) is 5.56 Å². The van der Waals surface area contributed by atoms with Crippen molar-refractivity contribution in [2.24, 2.45) is 0 Å². The van der Waals surface area contributed by atoms with Gasteiger partial charge in [0.15, 0.2) is 0 Å². The van der Waals surface area contributed by atoms with Gasteiger partial charge in [-0.05, 0) is 49.2 Å². The number of nitriles is 1. The van der Waals surface area contributed by atoms with Crippen molar-refractivity contribution in [2.45, 2.75) is 19.9 Å². The summed E-state index contributed by atoms with van der Waals surface area (Å²) in [6, 6.07) is 13.2. The predicted molar refractivity (Wildman–Crippen MR) is 78.2 cm³/mol. The number of benzene rings is 2. The van der Waals surface area contributed by atoms with E-state index in [1.54, 1.807) is 37.3 Å². The molecule has 1 N–H and O–H groups in total. The first-order chi connectivity index (χ1) is 10.0. The van der Waals surface area contributed by atoms with Gasteiger partial charge in [-0.3, -0.25) is 4.79 Å². The molecule has 0 aromatic heterocycles. The maximum absolute atomic E-state index is 13.8. The summed E-state index contributed by atoms with van der Waals surface area (Å²) >= 11 is 0. The van der Waals surface area contributed by atoms with Gasteiger partial charge in [0.2, 0.25) is 0 Å². The molecule has 0 saturated carbocycles. The second-order valence-corrected chi connectivity index (χ2v) is 4.91. The third-order valence-corrected chi connectivity index (χ3v) is 3.26. The molecule has 0 bridgehead atoms. The van der Waals surface area contributed by atoms with Gasteiger partial charge >= 0.3 is 0 Å². The third-order valence-electron chi connectivity index (χ3n) is 3.26. The first-order valence-electron chi connectivity index (χ1n) is 6.58. The SMILES string of the molecule is Cc1ccc(C(=O)NC(C)c2ccc(C#N)cc2)c(F)c1.